The topological polar surface area (TPSA) is 17.1 Å². The van der Waals surface area contributed by atoms with Gasteiger partial charge in [-0.15, -0.1) is 0 Å². The van der Waals surface area contributed by atoms with E-state index in [4.69, 9.17) is 0 Å². The van der Waals surface area contributed by atoms with Crippen LogP contribution in [-0.2, 0) is 4.79 Å². The summed E-state index contributed by atoms with van der Waals surface area (Å²) in [5.74, 6) is 0.778. The average molecular weight is 292 g/mol. The second-order valence-corrected chi connectivity index (χ2v) is 7.55. The fourth-order valence-corrected chi connectivity index (χ4v) is 4.49. The number of ketones is 1. The maximum absolute atomic E-state index is 13.1. The van der Waals surface area contributed by atoms with Crippen molar-refractivity contribution in [3.8, 4) is 0 Å². The van der Waals surface area contributed by atoms with Gasteiger partial charge in [-0.05, 0) is 11.1 Å². The van der Waals surface area contributed by atoms with Crippen molar-refractivity contribution in [2.24, 2.45) is 10.8 Å². The van der Waals surface area contributed by atoms with Crippen LogP contribution in [0.3, 0.4) is 0 Å². The van der Waals surface area contributed by atoms with Crippen LogP contribution in [0.15, 0.2) is 60.7 Å². The Kier molecular flexibility index (Phi) is 3.47. The molecule has 0 saturated heterocycles. The zero-order valence-electron chi connectivity index (χ0n) is 13.8. The summed E-state index contributed by atoms with van der Waals surface area (Å²) < 4.78 is 0. The van der Waals surface area contributed by atoms with Crippen molar-refractivity contribution in [2.45, 2.75) is 39.5 Å². The summed E-state index contributed by atoms with van der Waals surface area (Å²) in [7, 11) is 0. The maximum Gasteiger partial charge on any atom is 0.145 e. The molecule has 0 N–H and O–H groups in total. The second kappa shape index (κ2) is 5.08. The molecule has 0 bridgehead atoms. The van der Waals surface area contributed by atoms with Crippen LogP contribution in [0, 0.1) is 10.8 Å². The minimum atomic E-state index is -0.356. The summed E-state index contributed by atoms with van der Waals surface area (Å²) >= 11 is 0. The van der Waals surface area contributed by atoms with Crippen LogP contribution in [0.4, 0.5) is 0 Å². The predicted molar refractivity (Wildman–Crippen MR) is 90.9 cm³/mol. The molecular weight excluding hydrogens is 268 g/mol. The van der Waals surface area contributed by atoms with E-state index in [1.165, 1.54) is 11.1 Å². The minimum absolute atomic E-state index is 0.207. The van der Waals surface area contributed by atoms with Gasteiger partial charge in [0.15, 0.2) is 0 Å². The number of carbonyl (C=O) groups excluding carboxylic acids is 1. The van der Waals surface area contributed by atoms with Crippen molar-refractivity contribution >= 4 is 5.78 Å². The van der Waals surface area contributed by atoms with E-state index in [9.17, 15) is 4.79 Å². The number of benzene rings is 2. The molecule has 1 fully saturated rings. The lowest BCUT2D eigenvalue weighted by Crippen LogP contribution is -2.29. The lowest BCUT2D eigenvalue weighted by Gasteiger charge is -2.32. The number of rotatable bonds is 2. The normalized spacial score (nSPS) is 26.1. The highest BCUT2D eigenvalue weighted by Gasteiger charge is 2.59. The summed E-state index contributed by atoms with van der Waals surface area (Å²) in [6.07, 6.45) is 0. The lowest BCUT2D eigenvalue weighted by atomic mass is 9.70. The molecule has 0 heterocycles. The van der Waals surface area contributed by atoms with Gasteiger partial charge in [-0.3, -0.25) is 4.79 Å². The molecule has 0 unspecified atom stereocenters. The van der Waals surface area contributed by atoms with E-state index >= 15 is 0 Å². The predicted octanol–water partition coefficient (Wildman–Crippen LogP) is 5.19. The van der Waals surface area contributed by atoms with Crippen LogP contribution in [0.5, 0.6) is 0 Å². The van der Waals surface area contributed by atoms with Crippen LogP contribution < -0.4 is 0 Å². The Hall–Kier alpha value is -1.89. The first-order valence-electron chi connectivity index (χ1n) is 8.01. The van der Waals surface area contributed by atoms with Crippen molar-refractivity contribution in [1.82, 2.24) is 0 Å². The molecular formula is C21H24O. The lowest BCUT2D eigenvalue weighted by molar-refractivity contribution is -0.131. The maximum atomic E-state index is 13.1. The summed E-state index contributed by atoms with van der Waals surface area (Å²) in [6.45, 7) is 8.44. The van der Waals surface area contributed by atoms with Crippen LogP contribution in [0.2, 0.25) is 0 Å². The Balaban J connectivity index is 2.21. The van der Waals surface area contributed by atoms with Crippen molar-refractivity contribution in [1.29, 1.82) is 0 Å². The molecule has 0 amide bonds. The molecule has 1 aliphatic rings. The average Bonchev–Trinajstić information content (AvgIpc) is 2.66. The van der Waals surface area contributed by atoms with Gasteiger partial charge in [-0.2, -0.15) is 0 Å². The molecule has 3 rings (SSSR count). The van der Waals surface area contributed by atoms with Crippen LogP contribution >= 0.6 is 0 Å². The van der Waals surface area contributed by atoms with Crippen molar-refractivity contribution in [2.75, 3.05) is 0 Å². The second-order valence-electron chi connectivity index (χ2n) is 7.55. The van der Waals surface area contributed by atoms with Gasteiger partial charge in [-0.1, -0.05) is 88.4 Å². The largest absolute Gasteiger partial charge is 0.298 e. The van der Waals surface area contributed by atoms with Crippen molar-refractivity contribution < 1.29 is 4.79 Å². The van der Waals surface area contributed by atoms with E-state index in [1.54, 1.807) is 0 Å². The summed E-state index contributed by atoms with van der Waals surface area (Å²) in [4.78, 5) is 13.1. The highest BCUT2D eigenvalue weighted by atomic mass is 16.1. The summed E-state index contributed by atoms with van der Waals surface area (Å²) in [5, 5.41) is 0. The molecule has 114 valence electrons. The minimum Gasteiger partial charge on any atom is -0.298 e. The van der Waals surface area contributed by atoms with Gasteiger partial charge >= 0.3 is 0 Å². The van der Waals surface area contributed by atoms with Gasteiger partial charge in [0.25, 0.3) is 0 Å². The molecule has 0 aliphatic heterocycles. The van der Waals surface area contributed by atoms with Crippen LogP contribution in [-0.4, -0.2) is 5.78 Å². The molecule has 0 spiro atoms. The molecule has 2 aromatic rings. The monoisotopic (exact) mass is 292 g/mol. The Labute approximate surface area is 133 Å². The third-order valence-electron chi connectivity index (χ3n) is 5.38. The molecule has 0 aromatic heterocycles. The van der Waals surface area contributed by atoms with Crippen LogP contribution in [0.25, 0.3) is 0 Å². The zero-order valence-corrected chi connectivity index (χ0v) is 13.8. The Morgan fingerprint density at radius 3 is 1.27 bits per heavy atom. The Morgan fingerprint density at radius 1 is 0.636 bits per heavy atom. The third kappa shape index (κ3) is 2.11. The molecule has 1 aliphatic carbocycles. The molecule has 22 heavy (non-hydrogen) atoms. The molecule has 1 nitrogen and oxygen atoms in total. The van der Waals surface area contributed by atoms with Gasteiger partial charge < -0.3 is 0 Å². The smallest absolute Gasteiger partial charge is 0.145 e. The van der Waals surface area contributed by atoms with Gasteiger partial charge in [-0.25, -0.2) is 0 Å². The highest BCUT2D eigenvalue weighted by molar-refractivity contribution is 5.94. The van der Waals surface area contributed by atoms with Gasteiger partial charge in [0, 0.05) is 22.7 Å². The van der Waals surface area contributed by atoms with Gasteiger partial charge in [0.05, 0.1) is 0 Å². The quantitative estimate of drug-likeness (QED) is 0.744. The molecule has 1 saturated carbocycles. The van der Waals surface area contributed by atoms with Gasteiger partial charge in [0.1, 0.15) is 5.78 Å². The van der Waals surface area contributed by atoms with Crippen molar-refractivity contribution in [3.05, 3.63) is 71.8 Å². The fraction of sp³-hybridized carbons (Fsp3) is 0.381. The molecule has 0 radical (unpaired) electrons. The summed E-state index contributed by atoms with van der Waals surface area (Å²) in [5.41, 5.74) is 1.82. The number of carbonyl (C=O) groups is 1. The first kappa shape index (κ1) is 15.0. The highest BCUT2D eigenvalue weighted by Crippen LogP contribution is 2.62. The Morgan fingerprint density at radius 2 is 0.955 bits per heavy atom. The molecule has 1 heteroatoms. The molecule has 2 atom stereocenters. The Bertz CT molecular complexity index is 608. The van der Waals surface area contributed by atoms with Crippen molar-refractivity contribution in [3.63, 3.8) is 0 Å². The van der Waals surface area contributed by atoms with Crippen LogP contribution in [0.1, 0.15) is 50.7 Å². The third-order valence-corrected chi connectivity index (χ3v) is 5.38. The zero-order chi connectivity index (χ0) is 16.0. The summed E-state index contributed by atoms with van der Waals surface area (Å²) in [6, 6.07) is 21.0. The van der Waals surface area contributed by atoms with E-state index in [0.29, 0.717) is 5.78 Å². The van der Waals surface area contributed by atoms with E-state index in [0.717, 1.165) is 0 Å². The fourth-order valence-electron chi connectivity index (χ4n) is 4.49. The van der Waals surface area contributed by atoms with Gasteiger partial charge in [0.2, 0.25) is 0 Å². The number of hydrogen-bond donors (Lipinski definition) is 0. The molecule has 2 aromatic carbocycles. The van der Waals surface area contributed by atoms with E-state index in [-0.39, 0.29) is 22.7 Å². The van der Waals surface area contributed by atoms with E-state index in [2.05, 4.69) is 76.2 Å². The standard InChI is InChI=1S/C21H24O/c1-20(2)17(15-11-7-5-8-12-15)18(21(3,4)19(20)22)16-13-9-6-10-14-16/h5-14,17-18H,1-4H3/t17-,18+. The van der Waals surface area contributed by atoms with E-state index in [1.807, 2.05) is 12.1 Å². The number of Topliss-reactive ketones (excluding diaryl/α,β-unsaturated/α-hetero) is 1. The number of hydrogen-bond acceptors (Lipinski definition) is 1. The first-order chi connectivity index (χ1) is 10.4. The van der Waals surface area contributed by atoms with E-state index < -0.39 is 0 Å². The SMILES string of the molecule is CC1(C)C(=O)C(C)(C)[C@@H](c2ccccc2)[C@H]1c1ccccc1. The first-order valence-corrected chi connectivity index (χ1v) is 8.01.